The Balaban J connectivity index is 1.95. The number of nitrogens with one attached hydrogen (secondary N) is 2. The quantitative estimate of drug-likeness (QED) is 0.360. The van der Waals surface area contributed by atoms with E-state index in [0.29, 0.717) is 25.5 Å². The van der Waals surface area contributed by atoms with Crippen LogP contribution in [0.25, 0.3) is 11.3 Å². The molecule has 1 aliphatic heterocycles. The Morgan fingerprint density at radius 3 is 2.68 bits per heavy atom. The molecule has 1 aliphatic rings. The van der Waals surface area contributed by atoms with Crippen molar-refractivity contribution in [3.8, 4) is 17.0 Å². The van der Waals surface area contributed by atoms with Gasteiger partial charge in [-0.15, -0.1) is 0 Å². The summed E-state index contributed by atoms with van der Waals surface area (Å²) in [6.07, 6.45) is 0. The Hall–Kier alpha value is -2.75. The lowest BCUT2D eigenvalue weighted by molar-refractivity contribution is 0.122. The molecule has 0 aliphatic carbocycles. The summed E-state index contributed by atoms with van der Waals surface area (Å²) < 4.78 is 11.5. The van der Waals surface area contributed by atoms with Crippen molar-refractivity contribution in [2.75, 3.05) is 63.0 Å². The summed E-state index contributed by atoms with van der Waals surface area (Å²) in [5.74, 6) is 1.59. The number of aromatic nitrogens is 1. The topological polar surface area (TPSA) is 91.3 Å². The number of hydrogen-bond acceptors (Lipinski definition) is 9. The Bertz CT molecular complexity index is 933. The summed E-state index contributed by atoms with van der Waals surface area (Å²) >= 11 is 0. The van der Waals surface area contributed by atoms with E-state index in [1.54, 1.807) is 0 Å². The van der Waals surface area contributed by atoms with Gasteiger partial charge in [-0.25, -0.2) is 10.4 Å². The molecule has 2 heterocycles. The summed E-state index contributed by atoms with van der Waals surface area (Å²) in [5.41, 5.74) is 7.40. The van der Waals surface area contributed by atoms with Gasteiger partial charge in [0.05, 0.1) is 18.9 Å². The summed E-state index contributed by atoms with van der Waals surface area (Å²) in [4.78, 5) is 18.5. The summed E-state index contributed by atoms with van der Waals surface area (Å²) in [6, 6.07) is 9.79. The van der Waals surface area contributed by atoms with Crippen molar-refractivity contribution in [1.29, 1.82) is 0 Å². The van der Waals surface area contributed by atoms with Crippen LogP contribution in [0.1, 0.15) is 26.3 Å². The molecular weight excluding hydrogens is 432 g/mol. The fourth-order valence-electron chi connectivity index (χ4n) is 4.08. The smallest absolute Gasteiger partial charge is 0.148 e. The molecule has 2 aromatic rings. The highest BCUT2D eigenvalue weighted by atomic mass is 16.5. The SMILES string of the molecule is CCNC[C@@H](COc1cccc(-c2cc(N3CCOCC3)c(C)c(N(NC)C(C)C)n2)c1)N=O. The van der Waals surface area contributed by atoms with E-state index in [9.17, 15) is 4.91 Å². The largest absolute Gasteiger partial charge is 0.491 e. The molecule has 1 fully saturated rings. The van der Waals surface area contributed by atoms with E-state index in [2.05, 4.69) is 52.7 Å². The number of hydrogen-bond donors (Lipinski definition) is 2. The van der Waals surface area contributed by atoms with Gasteiger partial charge in [-0.1, -0.05) is 24.2 Å². The first kappa shape index (κ1) is 25.9. The molecule has 0 saturated carbocycles. The molecule has 2 N–H and O–H groups in total. The Labute approximate surface area is 202 Å². The van der Waals surface area contributed by atoms with Gasteiger partial charge in [0, 0.05) is 49.5 Å². The predicted molar refractivity (Wildman–Crippen MR) is 138 cm³/mol. The lowest BCUT2D eigenvalue weighted by atomic mass is 10.1. The monoisotopic (exact) mass is 470 g/mol. The van der Waals surface area contributed by atoms with E-state index >= 15 is 0 Å². The van der Waals surface area contributed by atoms with Crippen LogP contribution in [0.2, 0.25) is 0 Å². The molecule has 3 rings (SSSR count). The number of ether oxygens (including phenoxy) is 2. The van der Waals surface area contributed by atoms with E-state index in [0.717, 1.165) is 48.0 Å². The van der Waals surface area contributed by atoms with Gasteiger partial charge in [0.2, 0.25) is 0 Å². The molecule has 1 atom stereocenters. The van der Waals surface area contributed by atoms with Gasteiger partial charge in [-0.2, -0.15) is 4.91 Å². The Kier molecular flexibility index (Phi) is 9.62. The summed E-state index contributed by atoms with van der Waals surface area (Å²) in [7, 11) is 1.92. The minimum atomic E-state index is -0.434. The summed E-state index contributed by atoms with van der Waals surface area (Å²) in [6.45, 7) is 13.0. The van der Waals surface area contributed by atoms with Crippen molar-refractivity contribution in [1.82, 2.24) is 15.7 Å². The summed E-state index contributed by atoms with van der Waals surface area (Å²) in [5, 5.41) is 8.40. The van der Waals surface area contributed by atoms with Gasteiger partial charge >= 0.3 is 0 Å². The van der Waals surface area contributed by atoms with Gasteiger partial charge in [0.1, 0.15) is 24.2 Å². The second-order valence-corrected chi connectivity index (χ2v) is 8.67. The molecule has 186 valence electrons. The van der Waals surface area contributed by atoms with Crippen LogP contribution < -0.4 is 25.4 Å². The van der Waals surface area contributed by atoms with Crippen LogP contribution in [0, 0.1) is 11.8 Å². The van der Waals surface area contributed by atoms with Gasteiger partial charge < -0.3 is 19.7 Å². The maximum absolute atomic E-state index is 11.1. The number of nitroso groups, excluding NO2 is 1. The lowest BCUT2D eigenvalue weighted by Crippen LogP contribution is -2.42. The number of anilines is 2. The third kappa shape index (κ3) is 6.43. The molecule has 34 heavy (non-hydrogen) atoms. The molecule has 1 saturated heterocycles. The van der Waals surface area contributed by atoms with Crippen LogP contribution in [-0.4, -0.2) is 70.1 Å². The zero-order valence-electron chi connectivity index (χ0n) is 21.0. The van der Waals surface area contributed by atoms with Crippen LogP contribution >= 0.6 is 0 Å². The Morgan fingerprint density at radius 1 is 1.26 bits per heavy atom. The molecule has 9 heteroatoms. The third-order valence-corrected chi connectivity index (χ3v) is 5.91. The first-order chi connectivity index (χ1) is 16.5. The predicted octanol–water partition coefficient (Wildman–Crippen LogP) is 3.37. The number of morpholine rings is 1. The highest BCUT2D eigenvalue weighted by molar-refractivity contribution is 5.73. The molecule has 1 aromatic carbocycles. The van der Waals surface area contributed by atoms with Gasteiger partial charge in [0.25, 0.3) is 0 Å². The van der Waals surface area contributed by atoms with Crippen molar-refractivity contribution in [3.63, 3.8) is 0 Å². The van der Waals surface area contributed by atoms with E-state index in [4.69, 9.17) is 14.5 Å². The minimum absolute atomic E-state index is 0.225. The maximum Gasteiger partial charge on any atom is 0.148 e. The number of rotatable bonds is 12. The first-order valence-corrected chi connectivity index (χ1v) is 12.1. The van der Waals surface area contributed by atoms with Gasteiger partial charge in [-0.3, -0.25) is 5.01 Å². The number of nitrogens with zero attached hydrogens (tertiary/aromatic N) is 4. The zero-order chi connectivity index (χ0) is 24.5. The van der Waals surface area contributed by atoms with E-state index in [1.165, 1.54) is 0 Å². The van der Waals surface area contributed by atoms with E-state index in [-0.39, 0.29) is 12.6 Å². The second-order valence-electron chi connectivity index (χ2n) is 8.67. The normalized spacial score (nSPS) is 14.8. The molecule has 0 amide bonds. The average molecular weight is 471 g/mol. The van der Waals surface area contributed by atoms with Crippen molar-refractivity contribution < 1.29 is 9.47 Å². The third-order valence-electron chi connectivity index (χ3n) is 5.91. The van der Waals surface area contributed by atoms with Gasteiger partial charge in [-0.05, 0) is 45.5 Å². The highest BCUT2D eigenvalue weighted by Crippen LogP contribution is 2.34. The molecule has 9 nitrogen and oxygen atoms in total. The van der Waals surface area contributed by atoms with E-state index in [1.807, 2.05) is 38.2 Å². The van der Waals surface area contributed by atoms with Crippen molar-refractivity contribution in [3.05, 3.63) is 40.8 Å². The highest BCUT2D eigenvalue weighted by Gasteiger charge is 2.22. The first-order valence-electron chi connectivity index (χ1n) is 12.1. The lowest BCUT2D eigenvalue weighted by Gasteiger charge is -2.34. The standard InChI is InChI=1S/C25H38N6O3/c1-6-27-16-21(29-32)17-34-22-9-7-8-20(14-22)23-15-24(30-10-12-33-13-11-30)19(4)25(28-23)31(26-5)18(2)3/h7-9,14-15,18,21,26-27H,6,10-13,16-17H2,1-5H3/t21-/m0/s1. The Morgan fingerprint density at radius 2 is 2.03 bits per heavy atom. The molecular formula is C25H38N6O3. The minimum Gasteiger partial charge on any atom is -0.491 e. The van der Waals surface area contributed by atoms with Crippen LogP contribution in [0.15, 0.2) is 35.5 Å². The van der Waals surface area contributed by atoms with Crippen LogP contribution in [0.3, 0.4) is 0 Å². The number of benzene rings is 1. The average Bonchev–Trinajstić information content (AvgIpc) is 2.86. The fourth-order valence-corrected chi connectivity index (χ4v) is 4.08. The molecule has 0 unspecified atom stereocenters. The van der Waals surface area contributed by atoms with Crippen molar-refractivity contribution in [2.45, 2.75) is 39.8 Å². The molecule has 1 aromatic heterocycles. The number of likely N-dealkylation sites (N-methyl/N-ethyl adjacent to an activating group) is 1. The molecule has 0 bridgehead atoms. The maximum atomic E-state index is 11.1. The fraction of sp³-hybridized carbons (Fsp3) is 0.560. The van der Waals surface area contributed by atoms with Gasteiger partial charge in [0.15, 0.2) is 0 Å². The van der Waals surface area contributed by atoms with Crippen LogP contribution in [-0.2, 0) is 4.74 Å². The molecule has 0 spiro atoms. The number of pyridine rings is 1. The zero-order valence-corrected chi connectivity index (χ0v) is 21.0. The van der Waals surface area contributed by atoms with Crippen LogP contribution in [0.5, 0.6) is 5.75 Å². The van der Waals surface area contributed by atoms with Crippen molar-refractivity contribution >= 4 is 11.5 Å². The second kappa shape index (κ2) is 12.6. The number of hydrazine groups is 1. The van der Waals surface area contributed by atoms with E-state index < -0.39 is 6.04 Å². The van der Waals surface area contributed by atoms with Crippen LogP contribution in [0.4, 0.5) is 11.5 Å². The van der Waals surface area contributed by atoms with Crippen molar-refractivity contribution in [2.24, 2.45) is 5.18 Å². The molecule has 0 radical (unpaired) electrons.